The standard InChI is InChI=1S/C28H28N2O2/c1-3-24(20-8-6-5-7-9-20)28(31)30-18-22-12-15-25(26-16-17-29-19-27(22)26)21-10-13-23(14-11-21)32-4-2/h5-17,19,24H,3-4,18H2,1-2H3,(H,30,31)/t24-/m0/s1. The number of fused-ring (bicyclic) bond motifs is 1. The highest BCUT2D eigenvalue weighted by Gasteiger charge is 2.18. The summed E-state index contributed by atoms with van der Waals surface area (Å²) in [7, 11) is 0. The van der Waals surface area contributed by atoms with E-state index in [1.807, 2.05) is 74.8 Å². The lowest BCUT2D eigenvalue weighted by Gasteiger charge is -2.17. The van der Waals surface area contributed by atoms with Gasteiger partial charge in [-0.2, -0.15) is 0 Å². The van der Waals surface area contributed by atoms with Gasteiger partial charge in [0.05, 0.1) is 12.5 Å². The molecule has 0 fully saturated rings. The third-order valence-corrected chi connectivity index (χ3v) is 5.76. The molecule has 0 bridgehead atoms. The Balaban J connectivity index is 1.58. The Bertz CT molecular complexity index is 1190. The van der Waals surface area contributed by atoms with E-state index in [0.717, 1.165) is 45.2 Å². The molecule has 0 aliphatic heterocycles. The zero-order valence-corrected chi connectivity index (χ0v) is 18.5. The highest BCUT2D eigenvalue weighted by Crippen LogP contribution is 2.31. The minimum atomic E-state index is -0.149. The van der Waals surface area contributed by atoms with E-state index in [4.69, 9.17) is 4.74 Å². The Morgan fingerprint density at radius 2 is 1.72 bits per heavy atom. The van der Waals surface area contributed by atoms with E-state index in [-0.39, 0.29) is 11.8 Å². The van der Waals surface area contributed by atoms with Crippen LogP contribution in [0.3, 0.4) is 0 Å². The van der Waals surface area contributed by atoms with Crippen molar-refractivity contribution in [3.8, 4) is 16.9 Å². The van der Waals surface area contributed by atoms with Crippen LogP contribution in [0.5, 0.6) is 5.75 Å². The van der Waals surface area contributed by atoms with Crippen molar-refractivity contribution in [3.63, 3.8) is 0 Å². The van der Waals surface area contributed by atoms with Crippen LogP contribution in [-0.4, -0.2) is 17.5 Å². The quantitative estimate of drug-likeness (QED) is 0.371. The van der Waals surface area contributed by atoms with E-state index >= 15 is 0 Å². The molecule has 0 aliphatic rings. The van der Waals surface area contributed by atoms with Crippen molar-refractivity contribution >= 4 is 16.7 Å². The van der Waals surface area contributed by atoms with Crippen LogP contribution in [0.4, 0.5) is 0 Å². The number of ether oxygens (including phenoxy) is 1. The van der Waals surface area contributed by atoms with Gasteiger partial charge in [0.15, 0.2) is 0 Å². The van der Waals surface area contributed by atoms with Gasteiger partial charge in [0, 0.05) is 24.3 Å². The fourth-order valence-corrected chi connectivity index (χ4v) is 4.12. The van der Waals surface area contributed by atoms with Crippen molar-refractivity contribution < 1.29 is 9.53 Å². The van der Waals surface area contributed by atoms with E-state index in [0.29, 0.717) is 13.2 Å². The number of carbonyl (C=O) groups excluding carboxylic acids is 1. The number of hydrogen-bond donors (Lipinski definition) is 1. The van der Waals surface area contributed by atoms with Crippen molar-refractivity contribution in [2.24, 2.45) is 0 Å². The molecule has 162 valence electrons. The number of rotatable bonds is 8. The van der Waals surface area contributed by atoms with E-state index in [9.17, 15) is 4.79 Å². The molecular formula is C28H28N2O2. The average molecular weight is 425 g/mol. The summed E-state index contributed by atoms with van der Waals surface area (Å²) in [6.07, 6.45) is 4.45. The number of aromatic nitrogens is 1. The van der Waals surface area contributed by atoms with Crippen LogP contribution in [0.1, 0.15) is 37.3 Å². The van der Waals surface area contributed by atoms with Gasteiger partial charge in [0.2, 0.25) is 5.91 Å². The fourth-order valence-electron chi connectivity index (χ4n) is 4.12. The molecule has 0 saturated carbocycles. The normalized spacial score (nSPS) is 11.8. The molecule has 0 saturated heterocycles. The SMILES string of the molecule is CCOc1ccc(-c2ccc(CNC(=O)[C@@H](CC)c3ccccc3)c3cnccc23)cc1. The molecule has 4 aromatic rings. The second-order valence-electron chi connectivity index (χ2n) is 7.74. The third kappa shape index (κ3) is 4.65. The minimum absolute atomic E-state index is 0.0475. The molecule has 0 aliphatic carbocycles. The Morgan fingerprint density at radius 1 is 0.938 bits per heavy atom. The molecule has 1 N–H and O–H groups in total. The zero-order valence-electron chi connectivity index (χ0n) is 18.5. The molecule has 4 nitrogen and oxygen atoms in total. The molecule has 1 heterocycles. The van der Waals surface area contributed by atoms with Gasteiger partial charge in [-0.05, 0) is 59.2 Å². The maximum atomic E-state index is 12.9. The van der Waals surface area contributed by atoms with Crippen LogP contribution < -0.4 is 10.1 Å². The molecule has 0 radical (unpaired) electrons. The van der Waals surface area contributed by atoms with Crippen molar-refractivity contribution in [3.05, 3.63) is 96.3 Å². The van der Waals surface area contributed by atoms with Gasteiger partial charge < -0.3 is 10.1 Å². The molecule has 4 rings (SSSR count). The van der Waals surface area contributed by atoms with Gasteiger partial charge in [-0.3, -0.25) is 9.78 Å². The molecule has 32 heavy (non-hydrogen) atoms. The monoisotopic (exact) mass is 424 g/mol. The predicted molar refractivity (Wildman–Crippen MR) is 130 cm³/mol. The van der Waals surface area contributed by atoms with E-state index < -0.39 is 0 Å². The van der Waals surface area contributed by atoms with Crippen molar-refractivity contribution in [1.29, 1.82) is 0 Å². The molecular weight excluding hydrogens is 396 g/mol. The second-order valence-corrected chi connectivity index (χ2v) is 7.74. The summed E-state index contributed by atoms with van der Waals surface area (Å²) in [5.74, 6) is 0.764. The van der Waals surface area contributed by atoms with Crippen molar-refractivity contribution in [2.75, 3.05) is 6.61 Å². The van der Waals surface area contributed by atoms with Gasteiger partial charge in [-0.15, -0.1) is 0 Å². The van der Waals surface area contributed by atoms with Gasteiger partial charge in [0.1, 0.15) is 5.75 Å². The van der Waals surface area contributed by atoms with E-state index in [1.54, 1.807) is 0 Å². The van der Waals surface area contributed by atoms with E-state index in [2.05, 4.69) is 34.6 Å². The molecule has 4 heteroatoms. The molecule has 3 aromatic carbocycles. The van der Waals surface area contributed by atoms with E-state index in [1.165, 1.54) is 0 Å². The molecule has 0 unspecified atom stereocenters. The molecule has 1 aromatic heterocycles. The summed E-state index contributed by atoms with van der Waals surface area (Å²) in [6.45, 7) is 5.14. The Morgan fingerprint density at radius 3 is 2.44 bits per heavy atom. The zero-order chi connectivity index (χ0) is 22.3. The van der Waals surface area contributed by atoms with Crippen LogP contribution in [-0.2, 0) is 11.3 Å². The number of pyridine rings is 1. The number of nitrogens with one attached hydrogen (secondary N) is 1. The number of amides is 1. The lowest BCUT2D eigenvalue weighted by atomic mass is 9.94. The first-order valence-corrected chi connectivity index (χ1v) is 11.1. The highest BCUT2D eigenvalue weighted by atomic mass is 16.5. The number of nitrogens with zero attached hydrogens (tertiary/aromatic N) is 1. The molecule has 1 amide bonds. The van der Waals surface area contributed by atoms with Gasteiger partial charge >= 0.3 is 0 Å². The summed E-state index contributed by atoms with van der Waals surface area (Å²) < 4.78 is 5.57. The van der Waals surface area contributed by atoms with Crippen LogP contribution >= 0.6 is 0 Å². The maximum absolute atomic E-state index is 12.9. The van der Waals surface area contributed by atoms with Gasteiger partial charge in [0.25, 0.3) is 0 Å². The third-order valence-electron chi connectivity index (χ3n) is 5.76. The molecule has 1 atom stereocenters. The van der Waals surface area contributed by atoms with Gasteiger partial charge in [-0.25, -0.2) is 0 Å². The number of benzene rings is 3. The number of hydrogen-bond acceptors (Lipinski definition) is 3. The Labute approximate surface area is 189 Å². The first-order valence-electron chi connectivity index (χ1n) is 11.1. The summed E-state index contributed by atoms with van der Waals surface area (Å²) >= 11 is 0. The molecule has 0 spiro atoms. The van der Waals surface area contributed by atoms with Crippen LogP contribution in [0.25, 0.3) is 21.9 Å². The second kappa shape index (κ2) is 10.1. The minimum Gasteiger partial charge on any atom is -0.494 e. The van der Waals surface area contributed by atoms with Crippen LogP contribution in [0, 0.1) is 0 Å². The fraction of sp³-hybridized carbons (Fsp3) is 0.214. The summed E-state index contributed by atoms with van der Waals surface area (Å²) in [5, 5.41) is 5.30. The van der Waals surface area contributed by atoms with Crippen molar-refractivity contribution in [1.82, 2.24) is 10.3 Å². The lowest BCUT2D eigenvalue weighted by Crippen LogP contribution is -2.28. The Kier molecular flexibility index (Phi) is 6.81. The number of carbonyl (C=O) groups is 1. The first-order chi connectivity index (χ1) is 15.7. The van der Waals surface area contributed by atoms with Crippen LogP contribution in [0.15, 0.2) is 85.2 Å². The average Bonchev–Trinajstić information content (AvgIpc) is 2.84. The van der Waals surface area contributed by atoms with Crippen molar-refractivity contribution in [2.45, 2.75) is 32.7 Å². The lowest BCUT2D eigenvalue weighted by molar-refractivity contribution is -0.122. The Hall–Kier alpha value is -3.66. The summed E-state index contributed by atoms with van der Waals surface area (Å²) in [5.41, 5.74) is 4.36. The highest BCUT2D eigenvalue weighted by molar-refractivity contribution is 5.98. The maximum Gasteiger partial charge on any atom is 0.227 e. The van der Waals surface area contributed by atoms with Crippen LogP contribution in [0.2, 0.25) is 0 Å². The van der Waals surface area contributed by atoms with Gasteiger partial charge in [-0.1, -0.05) is 61.5 Å². The topological polar surface area (TPSA) is 51.2 Å². The smallest absolute Gasteiger partial charge is 0.227 e. The summed E-state index contributed by atoms with van der Waals surface area (Å²) in [4.78, 5) is 17.3. The largest absolute Gasteiger partial charge is 0.494 e. The summed E-state index contributed by atoms with van der Waals surface area (Å²) in [6, 6.07) is 24.3. The first kappa shape index (κ1) is 21.6. The predicted octanol–water partition coefficient (Wildman–Crippen LogP) is 6.11.